The van der Waals surface area contributed by atoms with Gasteiger partial charge in [0, 0.05) is 19.5 Å². The van der Waals surface area contributed by atoms with Crippen molar-refractivity contribution in [2.75, 3.05) is 6.54 Å². The van der Waals surface area contributed by atoms with E-state index in [4.69, 9.17) is 0 Å². The molecule has 3 rings (SSSR count). The number of amides is 1. The predicted octanol–water partition coefficient (Wildman–Crippen LogP) is 2.51. The van der Waals surface area contributed by atoms with Crippen LogP contribution in [0.1, 0.15) is 11.4 Å². The Morgan fingerprint density at radius 1 is 1.14 bits per heavy atom. The molecule has 1 aromatic heterocycles. The zero-order valence-electron chi connectivity index (χ0n) is 12.0. The van der Waals surface area contributed by atoms with Crippen LogP contribution in [0.15, 0.2) is 48.5 Å². The van der Waals surface area contributed by atoms with Gasteiger partial charge in [-0.05, 0) is 29.8 Å². The van der Waals surface area contributed by atoms with E-state index in [0.29, 0.717) is 25.9 Å². The average Bonchev–Trinajstić information content (AvgIpc) is 2.88. The van der Waals surface area contributed by atoms with Crippen LogP contribution >= 0.6 is 0 Å². The smallest absolute Gasteiger partial charge is 0.207 e. The molecular formula is C17H16FN3O. The summed E-state index contributed by atoms with van der Waals surface area (Å²) in [6.45, 7) is 1.16. The summed E-state index contributed by atoms with van der Waals surface area (Å²) in [5.41, 5.74) is 2.97. The molecule has 22 heavy (non-hydrogen) atoms. The number of halogens is 1. The number of fused-ring (bicyclic) bond motifs is 1. The van der Waals surface area contributed by atoms with Crippen molar-refractivity contribution in [2.24, 2.45) is 0 Å². The summed E-state index contributed by atoms with van der Waals surface area (Å²) in [7, 11) is 0. The molecule has 4 nitrogen and oxygen atoms in total. The molecule has 1 amide bonds. The Kier molecular flexibility index (Phi) is 4.14. The van der Waals surface area contributed by atoms with Gasteiger partial charge < -0.3 is 9.88 Å². The van der Waals surface area contributed by atoms with E-state index in [1.54, 1.807) is 12.1 Å². The summed E-state index contributed by atoms with van der Waals surface area (Å²) in [6.07, 6.45) is 1.33. The van der Waals surface area contributed by atoms with E-state index in [9.17, 15) is 9.18 Å². The lowest BCUT2D eigenvalue weighted by atomic mass is 10.2. The van der Waals surface area contributed by atoms with Gasteiger partial charge in [0.15, 0.2) is 0 Å². The molecule has 5 heteroatoms. The zero-order valence-corrected chi connectivity index (χ0v) is 12.0. The van der Waals surface area contributed by atoms with Gasteiger partial charge in [0.1, 0.15) is 11.6 Å². The zero-order chi connectivity index (χ0) is 15.4. The normalized spacial score (nSPS) is 10.8. The van der Waals surface area contributed by atoms with Crippen LogP contribution in [0.2, 0.25) is 0 Å². The SMILES string of the molecule is O=CNCCc1nc2ccccc2n1Cc1ccc(F)cc1. The maximum absolute atomic E-state index is 13.0. The minimum atomic E-state index is -0.241. The second kappa shape index (κ2) is 6.39. The minimum absolute atomic E-state index is 0.241. The molecular weight excluding hydrogens is 281 g/mol. The van der Waals surface area contributed by atoms with E-state index in [1.807, 2.05) is 24.3 Å². The maximum Gasteiger partial charge on any atom is 0.207 e. The number of nitrogens with zero attached hydrogens (tertiary/aromatic N) is 2. The number of carbonyl (C=O) groups excluding carboxylic acids is 1. The number of rotatable bonds is 6. The fourth-order valence-electron chi connectivity index (χ4n) is 2.51. The molecule has 0 bridgehead atoms. The second-order valence-electron chi connectivity index (χ2n) is 5.05. The van der Waals surface area contributed by atoms with Crippen LogP contribution in [-0.4, -0.2) is 22.5 Å². The third-order valence-corrected chi connectivity index (χ3v) is 3.56. The van der Waals surface area contributed by atoms with E-state index < -0.39 is 0 Å². The Bertz CT molecular complexity index is 780. The summed E-state index contributed by atoms with van der Waals surface area (Å²) in [5, 5.41) is 2.66. The molecule has 0 atom stereocenters. The molecule has 2 aromatic carbocycles. The predicted molar refractivity (Wildman–Crippen MR) is 83.0 cm³/mol. The van der Waals surface area contributed by atoms with Gasteiger partial charge in [-0.3, -0.25) is 4.79 Å². The maximum atomic E-state index is 13.0. The standard InChI is InChI=1S/C17H16FN3O/c18-14-7-5-13(6-8-14)11-21-16-4-2-1-3-15(16)20-17(21)9-10-19-12-22/h1-8,12H,9-11H2,(H,19,22). The number of nitrogens with one attached hydrogen (secondary N) is 1. The van der Waals surface area contributed by atoms with Crippen molar-refractivity contribution in [3.8, 4) is 0 Å². The number of carbonyl (C=O) groups is 1. The van der Waals surface area contributed by atoms with Crippen LogP contribution in [0.4, 0.5) is 4.39 Å². The summed E-state index contributed by atoms with van der Waals surface area (Å²) in [4.78, 5) is 15.0. The number of benzene rings is 2. The van der Waals surface area contributed by atoms with Crippen molar-refractivity contribution in [2.45, 2.75) is 13.0 Å². The minimum Gasteiger partial charge on any atom is -0.358 e. The topological polar surface area (TPSA) is 46.9 Å². The highest BCUT2D eigenvalue weighted by Crippen LogP contribution is 2.18. The van der Waals surface area contributed by atoms with Crippen molar-refractivity contribution in [1.29, 1.82) is 0 Å². The van der Waals surface area contributed by atoms with Crippen molar-refractivity contribution in [3.05, 3.63) is 65.7 Å². The summed E-state index contributed by atoms with van der Waals surface area (Å²) < 4.78 is 15.1. The fourth-order valence-corrected chi connectivity index (χ4v) is 2.51. The quantitative estimate of drug-likeness (QED) is 0.561. The monoisotopic (exact) mass is 297 g/mol. The van der Waals surface area contributed by atoms with Crippen molar-refractivity contribution in [3.63, 3.8) is 0 Å². The lowest BCUT2D eigenvalue weighted by Crippen LogP contribution is -2.17. The van der Waals surface area contributed by atoms with Crippen LogP contribution in [0.3, 0.4) is 0 Å². The molecule has 1 N–H and O–H groups in total. The van der Waals surface area contributed by atoms with E-state index in [1.165, 1.54) is 12.1 Å². The van der Waals surface area contributed by atoms with E-state index in [0.717, 1.165) is 22.4 Å². The Morgan fingerprint density at radius 3 is 2.68 bits per heavy atom. The lowest BCUT2D eigenvalue weighted by Gasteiger charge is -2.09. The molecule has 0 aliphatic carbocycles. The fraction of sp³-hybridized carbons (Fsp3) is 0.176. The highest BCUT2D eigenvalue weighted by Gasteiger charge is 2.10. The van der Waals surface area contributed by atoms with Gasteiger partial charge in [-0.1, -0.05) is 24.3 Å². The molecule has 0 radical (unpaired) electrons. The molecule has 0 aliphatic heterocycles. The first-order valence-electron chi connectivity index (χ1n) is 7.13. The van der Waals surface area contributed by atoms with Gasteiger partial charge in [-0.2, -0.15) is 0 Å². The second-order valence-corrected chi connectivity index (χ2v) is 5.05. The number of aromatic nitrogens is 2. The van der Waals surface area contributed by atoms with Crippen LogP contribution in [0.5, 0.6) is 0 Å². The molecule has 0 unspecified atom stereocenters. The molecule has 0 fully saturated rings. The lowest BCUT2D eigenvalue weighted by molar-refractivity contribution is -0.109. The molecule has 1 heterocycles. The van der Waals surface area contributed by atoms with E-state index in [2.05, 4.69) is 14.9 Å². The third-order valence-electron chi connectivity index (χ3n) is 3.56. The van der Waals surface area contributed by atoms with Crippen LogP contribution < -0.4 is 5.32 Å². The Morgan fingerprint density at radius 2 is 1.91 bits per heavy atom. The van der Waals surface area contributed by atoms with Crippen LogP contribution in [-0.2, 0) is 17.8 Å². The Labute approximate surface area is 127 Å². The van der Waals surface area contributed by atoms with Gasteiger partial charge in [0.2, 0.25) is 6.41 Å². The van der Waals surface area contributed by atoms with Crippen LogP contribution in [0.25, 0.3) is 11.0 Å². The Hall–Kier alpha value is -2.69. The molecule has 3 aromatic rings. The first-order chi connectivity index (χ1) is 10.8. The average molecular weight is 297 g/mol. The van der Waals surface area contributed by atoms with Crippen molar-refractivity contribution < 1.29 is 9.18 Å². The largest absolute Gasteiger partial charge is 0.358 e. The number of hydrogen-bond acceptors (Lipinski definition) is 2. The van der Waals surface area contributed by atoms with Crippen molar-refractivity contribution >= 4 is 17.4 Å². The van der Waals surface area contributed by atoms with Gasteiger partial charge in [0.05, 0.1) is 11.0 Å². The van der Waals surface area contributed by atoms with E-state index in [-0.39, 0.29) is 5.82 Å². The number of hydrogen-bond donors (Lipinski definition) is 1. The summed E-state index contributed by atoms with van der Waals surface area (Å²) in [5.74, 6) is 0.662. The third kappa shape index (κ3) is 2.98. The van der Waals surface area contributed by atoms with Gasteiger partial charge in [0.25, 0.3) is 0 Å². The van der Waals surface area contributed by atoms with E-state index >= 15 is 0 Å². The molecule has 0 saturated heterocycles. The van der Waals surface area contributed by atoms with Gasteiger partial charge in [-0.25, -0.2) is 9.37 Å². The summed E-state index contributed by atoms with van der Waals surface area (Å²) >= 11 is 0. The first kappa shape index (κ1) is 14.3. The molecule has 0 spiro atoms. The molecule has 0 aliphatic rings. The number of para-hydroxylation sites is 2. The Balaban J connectivity index is 1.95. The van der Waals surface area contributed by atoms with Gasteiger partial charge >= 0.3 is 0 Å². The van der Waals surface area contributed by atoms with Crippen molar-refractivity contribution in [1.82, 2.24) is 14.9 Å². The van der Waals surface area contributed by atoms with Gasteiger partial charge in [-0.15, -0.1) is 0 Å². The van der Waals surface area contributed by atoms with Crippen LogP contribution in [0, 0.1) is 5.82 Å². The molecule has 0 saturated carbocycles. The first-order valence-corrected chi connectivity index (χ1v) is 7.13. The highest BCUT2D eigenvalue weighted by atomic mass is 19.1. The highest BCUT2D eigenvalue weighted by molar-refractivity contribution is 5.76. The summed E-state index contributed by atoms with van der Waals surface area (Å²) in [6, 6.07) is 14.4. The number of imidazole rings is 1. The molecule has 112 valence electrons.